The Morgan fingerprint density at radius 2 is 1.73 bits per heavy atom. The van der Waals surface area contributed by atoms with E-state index in [0.717, 1.165) is 5.56 Å². The molecule has 6 nitrogen and oxygen atoms in total. The van der Waals surface area contributed by atoms with Crippen molar-refractivity contribution >= 4 is 22.8 Å². The van der Waals surface area contributed by atoms with Gasteiger partial charge in [-0.1, -0.05) is 50.2 Å². The SMILES string of the molecule is CC.CCOC(=O)CN(Cc1ccccc1)C(=O)c1ccc(OC)c2ncccc12. The molecule has 0 radical (unpaired) electrons. The van der Waals surface area contributed by atoms with Gasteiger partial charge in [0.1, 0.15) is 17.8 Å². The first-order chi connectivity index (χ1) is 14.6. The molecule has 0 aliphatic carbocycles. The number of nitrogens with zero attached hydrogens (tertiary/aromatic N) is 2. The van der Waals surface area contributed by atoms with Crippen LogP contribution in [0.2, 0.25) is 0 Å². The lowest BCUT2D eigenvalue weighted by Crippen LogP contribution is -2.36. The molecule has 3 rings (SSSR count). The topological polar surface area (TPSA) is 68.7 Å². The van der Waals surface area contributed by atoms with Crippen LogP contribution < -0.4 is 4.74 Å². The smallest absolute Gasteiger partial charge is 0.325 e. The van der Waals surface area contributed by atoms with E-state index in [1.807, 2.05) is 50.2 Å². The lowest BCUT2D eigenvalue weighted by atomic mass is 10.1. The molecule has 1 heterocycles. The van der Waals surface area contributed by atoms with Crippen LogP contribution in [0.4, 0.5) is 0 Å². The van der Waals surface area contributed by atoms with Gasteiger partial charge in [-0.05, 0) is 30.7 Å². The maximum absolute atomic E-state index is 13.4. The third-order valence-corrected chi connectivity index (χ3v) is 4.31. The number of carbonyl (C=O) groups excluding carboxylic acids is 2. The zero-order valence-electron chi connectivity index (χ0n) is 17.9. The number of ether oxygens (including phenoxy) is 2. The fourth-order valence-corrected chi connectivity index (χ4v) is 3.03. The van der Waals surface area contributed by atoms with Gasteiger partial charge in [0, 0.05) is 23.7 Å². The van der Waals surface area contributed by atoms with E-state index in [1.54, 1.807) is 38.4 Å². The van der Waals surface area contributed by atoms with E-state index in [4.69, 9.17) is 9.47 Å². The largest absolute Gasteiger partial charge is 0.494 e. The molecule has 30 heavy (non-hydrogen) atoms. The van der Waals surface area contributed by atoms with Gasteiger partial charge in [-0.15, -0.1) is 0 Å². The van der Waals surface area contributed by atoms with Crippen molar-refractivity contribution in [2.75, 3.05) is 20.3 Å². The fraction of sp³-hybridized carbons (Fsp3) is 0.292. The van der Waals surface area contributed by atoms with Gasteiger partial charge >= 0.3 is 5.97 Å². The molecule has 0 saturated heterocycles. The molecule has 0 aliphatic rings. The van der Waals surface area contributed by atoms with E-state index in [-0.39, 0.29) is 19.1 Å². The highest BCUT2D eigenvalue weighted by atomic mass is 16.5. The minimum atomic E-state index is -0.442. The molecule has 2 aromatic carbocycles. The number of pyridine rings is 1. The lowest BCUT2D eigenvalue weighted by molar-refractivity contribution is -0.143. The second-order valence-electron chi connectivity index (χ2n) is 6.17. The predicted molar refractivity (Wildman–Crippen MR) is 117 cm³/mol. The molecule has 158 valence electrons. The number of benzene rings is 2. The first-order valence-corrected chi connectivity index (χ1v) is 10.0. The first-order valence-electron chi connectivity index (χ1n) is 10.0. The van der Waals surface area contributed by atoms with Crippen molar-refractivity contribution in [2.45, 2.75) is 27.3 Å². The van der Waals surface area contributed by atoms with Crippen molar-refractivity contribution in [3.8, 4) is 5.75 Å². The molecule has 0 N–H and O–H groups in total. The average molecular weight is 408 g/mol. The maximum Gasteiger partial charge on any atom is 0.325 e. The van der Waals surface area contributed by atoms with Crippen LogP contribution in [0.5, 0.6) is 5.75 Å². The van der Waals surface area contributed by atoms with Crippen LogP contribution >= 0.6 is 0 Å². The van der Waals surface area contributed by atoms with Gasteiger partial charge in [0.15, 0.2) is 0 Å². The van der Waals surface area contributed by atoms with E-state index >= 15 is 0 Å². The Labute approximate surface area is 177 Å². The van der Waals surface area contributed by atoms with E-state index < -0.39 is 5.97 Å². The molecule has 0 aliphatic heterocycles. The minimum Gasteiger partial charge on any atom is -0.494 e. The van der Waals surface area contributed by atoms with E-state index in [9.17, 15) is 9.59 Å². The number of methoxy groups -OCH3 is 1. The Bertz CT molecular complexity index is 973. The van der Waals surface area contributed by atoms with Crippen molar-refractivity contribution < 1.29 is 19.1 Å². The van der Waals surface area contributed by atoms with E-state index in [0.29, 0.717) is 28.8 Å². The lowest BCUT2D eigenvalue weighted by Gasteiger charge is -2.23. The Hall–Kier alpha value is -3.41. The Morgan fingerprint density at radius 3 is 2.40 bits per heavy atom. The van der Waals surface area contributed by atoms with Gasteiger partial charge in [0.25, 0.3) is 5.91 Å². The van der Waals surface area contributed by atoms with Crippen molar-refractivity contribution in [2.24, 2.45) is 0 Å². The molecule has 0 unspecified atom stereocenters. The number of amides is 1. The molecular formula is C24H28N2O4. The number of fused-ring (bicyclic) bond motifs is 1. The van der Waals surface area contributed by atoms with Gasteiger partial charge in [-0.25, -0.2) is 0 Å². The predicted octanol–water partition coefficient (Wildman–Crippen LogP) is 4.48. The third-order valence-electron chi connectivity index (χ3n) is 4.31. The maximum atomic E-state index is 13.4. The van der Waals surface area contributed by atoms with Crippen molar-refractivity contribution in [3.63, 3.8) is 0 Å². The molecule has 3 aromatic rings. The summed E-state index contributed by atoms with van der Waals surface area (Å²) in [5, 5.41) is 0.675. The number of hydrogen-bond acceptors (Lipinski definition) is 5. The van der Waals surface area contributed by atoms with Gasteiger partial charge in [-0.3, -0.25) is 14.6 Å². The summed E-state index contributed by atoms with van der Waals surface area (Å²) in [4.78, 5) is 31.3. The van der Waals surface area contributed by atoms with Crippen LogP contribution in [-0.4, -0.2) is 42.0 Å². The zero-order valence-corrected chi connectivity index (χ0v) is 17.9. The van der Waals surface area contributed by atoms with Crippen LogP contribution in [0.3, 0.4) is 0 Å². The van der Waals surface area contributed by atoms with Gasteiger partial charge in [0.2, 0.25) is 0 Å². The minimum absolute atomic E-state index is 0.130. The first kappa shape index (κ1) is 22.9. The monoisotopic (exact) mass is 408 g/mol. The van der Waals surface area contributed by atoms with Crippen LogP contribution in [0, 0.1) is 0 Å². The molecule has 0 atom stereocenters. The number of esters is 1. The Balaban J connectivity index is 0.00000155. The average Bonchev–Trinajstić information content (AvgIpc) is 2.79. The summed E-state index contributed by atoms with van der Waals surface area (Å²) >= 11 is 0. The van der Waals surface area contributed by atoms with Crippen molar-refractivity contribution in [3.05, 3.63) is 71.9 Å². The van der Waals surface area contributed by atoms with Crippen LogP contribution in [0.15, 0.2) is 60.8 Å². The second kappa shape index (κ2) is 11.6. The van der Waals surface area contributed by atoms with Gasteiger partial charge < -0.3 is 14.4 Å². The summed E-state index contributed by atoms with van der Waals surface area (Å²) in [5.74, 6) is -0.118. The number of hydrogen-bond donors (Lipinski definition) is 0. The van der Waals surface area contributed by atoms with Gasteiger partial charge in [0.05, 0.1) is 13.7 Å². The summed E-state index contributed by atoms with van der Waals surface area (Å²) in [6.45, 7) is 6.17. The normalized spacial score (nSPS) is 10.0. The summed E-state index contributed by atoms with van der Waals surface area (Å²) in [7, 11) is 1.56. The summed E-state index contributed by atoms with van der Waals surface area (Å²) < 4.78 is 10.4. The fourth-order valence-electron chi connectivity index (χ4n) is 3.03. The standard InChI is InChI=1S/C22H22N2O4.C2H6/c1-3-28-20(25)15-24(14-16-8-5-4-6-9-16)22(26)18-11-12-19(27-2)21-17(18)10-7-13-23-21;1-2/h4-13H,3,14-15H2,1-2H3;1-2H3. The highest BCUT2D eigenvalue weighted by Crippen LogP contribution is 2.27. The van der Waals surface area contributed by atoms with Crippen LogP contribution in [-0.2, 0) is 16.1 Å². The summed E-state index contributed by atoms with van der Waals surface area (Å²) in [6, 6.07) is 16.5. The molecule has 1 aromatic heterocycles. The number of carbonyl (C=O) groups is 2. The van der Waals surface area contributed by atoms with E-state index in [2.05, 4.69) is 4.98 Å². The molecule has 1 amide bonds. The van der Waals surface area contributed by atoms with Crippen LogP contribution in [0.25, 0.3) is 10.9 Å². The Kier molecular flexibility index (Phi) is 8.81. The Morgan fingerprint density at radius 1 is 1.00 bits per heavy atom. The molecule has 0 spiro atoms. The number of aromatic nitrogens is 1. The molecule has 0 bridgehead atoms. The van der Waals surface area contributed by atoms with Gasteiger partial charge in [-0.2, -0.15) is 0 Å². The zero-order chi connectivity index (χ0) is 21.9. The highest BCUT2D eigenvalue weighted by Gasteiger charge is 2.22. The summed E-state index contributed by atoms with van der Waals surface area (Å²) in [6.07, 6.45) is 1.65. The third kappa shape index (κ3) is 5.56. The van der Waals surface area contributed by atoms with Crippen molar-refractivity contribution in [1.29, 1.82) is 0 Å². The molecular weight excluding hydrogens is 380 g/mol. The number of rotatable bonds is 7. The van der Waals surface area contributed by atoms with E-state index in [1.165, 1.54) is 4.90 Å². The highest BCUT2D eigenvalue weighted by molar-refractivity contribution is 6.08. The van der Waals surface area contributed by atoms with Crippen LogP contribution in [0.1, 0.15) is 36.7 Å². The van der Waals surface area contributed by atoms with Crippen molar-refractivity contribution in [1.82, 2.24) is 9.88 Å². The molecule has 0 fully saturated rings. The molecule has 0 saturated carbocycles. The quantitative estimate of drug-likeness (QED) is 0.539. The summed E-state index contributed by atoms with van der Waals surface area (Å²) in [5.41, 5.74) is 1.99. The second-order valence-corrected chi connectivity index (χ2v) is 6.17. The molecule has 6 heteroatoms.